The van der Waals surface area contributed by atoms with Gasteiger partial charge in [0.15, 0.2) is 5.84 Å². The molecule has 3 unspecified atom stereocenters. The number of hydrogen-bond acceptors (Lipinski definition) is 3. The lowest BCUT2D eigenvalue weighted by Gasteiger charge is -2.42. The summed E-state index contributed by atoms with van der Waals surface area (Å²) in [7, 11) is 1.87. The summed E-state index contributed by atoms with van der Waals surface area (Å²) >= 11 is 0. The smallest absolute Gasteiger partial charge is 0.236 e. The Bertz CT molecular complexity index is 431. The maximum absolute atomic E-state index is 12.7. The minimum absolute atomic E-state index is 0.0434. The van der Waals surface area contributed by atoms with Gasteiger partial charge in [-0.05, 0) is 49.9 Å². The fraction of sp³-hybridized carbons (Fsp3) is 0.867. The van der Waals surface area contributed by atoms with Gasteiger partial charge in [0.1, 0.15) is 5.41 Å². The van der Waals surface area contributed by atoms with Crippen molar-refractivity contribution >= 4 is 11.7 Å². The SMILES string of the molecule is CN(CC1CC2CCC1C2)C(=O)C1(C(N)=NO)CCC1. The van der Waals surface area contributed by atoms with Crippen LogP contribution in [-0.2, 0) is 4.79 Å². The Balaban J connectivity index is 1.64. The Morgan fingerprint density at radius 3 is 2.60 bits per heavy atom. The number of oxime groups is 1. The fourth-order valence-electron chi connectivity index (χ4n) is 4.61. The van der Waals surface area contributed by atoms with Gasteiger partial charge in [0, 0.05) is 13.6 Å². The van der Waals surface area contributed by atoms with Gasteiger partial charge in [-0.25, -0.2) is 0 Å². The minimum atomic E-state index is -0.721. The molecule has 3 fully saturated rings. The Hall–Kier alpha value is -1.26. The van der Waals surface area contributed by atoms with Gasteiger partial charge in [-0.15, -0.1) is 0 Å². The first-order chi connectivity index (χ1) is 9.56. The highest BCUT2D eigenvalue weighted by Gasteiger charge is 2.50. The molecule has 0 saturated heterocycles. The molecule has 0 aromatic rings. The molecule has 0 radical (unpaired) electrons. The van der Waals surface area contributed by atoms with Crippen LogP contribution in [0.5, 0.6) is 0 Å². The molecule has 5 nitrogen and oxygen atoms in total. The quantitative estimate of drug-likeness (QED) is 0.356. The number of hydrogen-bond donors (Lipinski definition) is 2. The summed E-state index contributed by atoms with van der Waals surface area (Å²) in [5.74, 6) is 2.51. The number of fused-ring (bicyclic) bond motifs is 2. The zero-order chi connectivity index (χ0) is 14.3. The number of amides is 1. The first-order valence-electron chi connectivity index (χ1n) is 7.80. The van der Waals surface area contributed by atoms with Gasteiger partial charge in [0.2, 0.25) is 5.91 Å². The molecule has 3 rings (SSSR count). The molecule has 0 aromatic carbocycles. The molecule has 20 heavy (non-hydrogen) atoms. The molecule has 2 bridgehead atoms. The van der Waals surface area contributed by atoms with E-state index in [4.69, 9.17) is 10.9 Å². The highest BCUT2D eigenvalue weighted by atomic mass is 16.4. The standard InChI is InChI=1S/C15H25N3O2/c1-18(9-12-8-10-3-4-11(12)7-10)14(19)15(5-2-6-15)13(16)17-20/h10-12,20H,2-9H2,1H3,(H2,16,17). The second kappa shape index (κ2) is 4.93. The van der Waals surface area contributed by atoms with Crippen LogP contribution in [0.4, 0.5) is 0 Å². The van der Waals surface area contributed by atoms with Gasteiger partial charge in [-0.1, -0.05) is 18.0 Å². The van der Waals surface area contributed by atoms with Crippen LogP contribution in [0.2, 0.25) is 0 Å². The van der Waals surface area contributed by atoms with Crippen molar-refractivity contribution in [3.63, 3.8) is 0 Å². The third-order valence-corrected chi connectivity index (χ3v) is 5.95. The van der Waals surface area contributed by atoms with Crippen LogP contribution in [0, 0.1) is 23.2 Å². The molecule has 1 amide bonds. The number of carbonyl (C=O) groups excluding carboxylic acids is 1. The largest absolute Gasteiger partial charge is 0.409 e. The van der Waals surface area contributed by atoms with Crippen LogP contribution in [-0.4, -0.2) is 35.4 Å². The monoisotopic (exact) mass is 279 g/mol. The predicted molar refractivity (Wildman–Crippen MR) is 76.3 cm³/mol. The number of nitrogens with two attached hydrogens (primary N) is 1. The number of rotatable bonds is 4. The highest BCUT2D eigenvalue weighted by molar-refractivity contribution is 6.07. The average molecular weight is 279 g/mol. The zero-order valence-electron chi connectivity index (χ0n) is 12.2. The molecule has 3 N–H and O–H groups in total. The summed E-state index contributed by atoms with van der Waals surface area (Å²) < 4.78 is 0. The van der Waals surface area contributed by atoms with E-state index in [-0.39, 0.29) is 11.7 Å². The lowest BCUT2D eigenvalue weighted by atomic mass is 9.66. The lowest BCUT2D eigenvalue weighted by molar-refractivity contribution is -0.141. The van der Waals surface area contributed by atoms with E-state index in [1.54, 1.807) is 0 Å². The maximum atomic E-state index is 12.7. The molecule has 3 aliphatic rings. The highest BCUT2D eigenvalue weighted by Crippen LogP contribution is 2.49. The maximum Gasteiger partial charge on any atom is 0.236 e. The van der Waals surface area contributed by atoms with Crippen molar-refractivity contribution in [1.29, 1.82) is 0 Å². The Morgan fingerprint density at radius 2 is 2.15 bits per heavy atom. The Morgan fingerprint density at radius 1 is 1.40 bits per heavy atom. The average Bonchev–Trinajstić information content (AvgIpc) is 2.99. The molecule has 5 heteroatoms. The second-order valence-electron chi connectivity index (χ2n) is 7.04. The first-order valence-corrected chi connectivity index (χ1v) is 7.80. The zero-order valence-corrected chi connectivity index (χ0v) is 12.2. The van der Waals surface area contributed by atoms with Crippen LogP contribution >= 0.6 is 0 Å². The third kappa shape index (κ3) is 1.98. The van der Waals surface area contributed by atoms with E-state index in [0.29, 0.717) is 18.8 Å². The minimum Gasteiger partial charge on any atom is -0.409 e. The Kier molecular flexibility index (Phi) is 3.38. The third-order valence-electron chi connectivity index (χ3n) is 5.95. The first kappa shape index (κ1) is 13.7. The van der Waals surface area contributed by atoms with E-state index in [1.165, 1.54) is 25.7 Å². The molecule has 3 atom stereocenters. The number of amidine groups is 1. The molecule has 112 valence electrons. The summed E-state index contributed by atoms with van der Waals surface area (Å²) in [6.07, 6.45) is 7.75. The molecule has 0 aliphatic heterocycles. The van der Waals surface area contributed by atoms with Crippen molar-refractivity contribution in [2.75, 3.05) is 13.6 Å². The van der Waals surface area contributed by atoms with Crippen LogP contribution < -0.4 is 5.73 Å². The summed E-state index contributed by atoms with van der Waals surface area (Å²) in [5, 5.41) is 12.0. The van der Waals surface area contributed by atoms with E-state index in [2.05, 4.69) is 5.16 Å². The second-order valence-corrected chi connectivity index (χ2v) is 7.04. The van der Waals surface area contributed by atoms with Gasteiger partial charge in [0.25, 0.3) is 0 Å². The summed E-state index contributed by atoms with van der Waals surface area (Å²) in [5.41, 5.74) is 5.05. The van der Waals surface area contributed by atoms with Crippen molar-refractivity contribution in [1.82, 2.24) is 4.90 Å². The number of nitrogens with zero attached hydrogens (tertiary/aromatic N) is 2. The van der Waals surface area contributed by atoms with Crippen molar-refractivity contribution in [2.45, 2.75) is 44.9 Å². The lowest BCUT2D eigenvalue weighted by Crippen LogP contribution is -2.55. The van der Waals surface area contributed by atoms with E-state index in [1.807, 2.05) is 11.9 Å². The van der Waals surface area contributed by atoms with Crippen molar-refractivity contribution in [3.05, 3.63) is 0 Å². The molecule has 0 spiro atoms. The van der Waals surface area contributed by atoms with Crippen molar-refractivity contribution in [2.24, 2.45) is 34.1 Å². The molecular weight excluding hydrogens is 254 g/mol. The summed E-state index contributed by atoms with van der Waals surface area (Å²) in [6.45, 7) is 0.834. The van der Waals surface area contributed by atoms with Crippen LogP contribution in [0.15, 0.2) is 5.16 Å². The molecule has 0 heterocycles. The van der Waals surface area contributed by atoms with Gasteiger partial charge in [-0.2, -0.15) is 0 Å². The summed E-state index contributed by atoms with van der Waals surface area (Å²) in [4.78, 5) is 14.5. The predicted octanol–water partition coefficient (Wildman–Crippen LogP) is 1.80. The molecular formula is C15H25N3O2. The summed E-state index contributed by atoms with van der Waals surface area (Å²) in [6, 6.07) is 0. The van der Waals surface area contributed by atoms with Crippen molar-refractivity contribution < 1.29 is 10.0 Å². The van der Waals surface area contributed by atoms with Gasteiger partial charge < -0.3 is 15.8 Å². The van der Waals surface area contributed by atoms with E-state index in [0.717, 1.165) is 24.8 Å². The fourth-order valence-corrected chi connectivity index (χ4v) is 4.61. The van der Waals surface area contributed by atoms with Crippen LogP contribution in [0.3, 0.4) is 0 Å². The molecule has 3 saturated carbocycles. The van der Waals surface area contributed by atoms with E-state index < -0.39 is 5.41 Å². The Labute approximate surface area is 120 Å². The van der Waals surface area contributed by atoms with Gasteiger partial charge >= 0.3 is 0 Å². The van der Waals surface area contributed by atoms with E-state index in [9.17, 15) is 4.79 Å². The van der Waals surface area contributed by atoms with Crippen molar-refractivity contribution in [3.8, 4) is 0 Å². The topological polar surface area (TPSA) is 78.9 Å². The molecule has 3 aliphatic carbocycles. The van der Waals surface area contributed by atoms with Gasteiger partial charge in [0.05, 0.1) is 0 Å². The molecule has 0 aromatic heterocycles. The van der Waals surface area contributed by atoms with Crippen LogP contribution in [0.1, 0.15) is 44.9 Å². The normalized spacial score (nSPS) is 34.9. The number of carbonyl (C=O) groups is 1. The van der Waals surface area contributed by atoms with E-state index >= 15 is 0 Å². The van der Waals surface area contributed by atoms with Crippen LogP contribution in [0.25, 0.3) is 0 Å². The van der Waals surface area contributed by atoms with Gasteiger partial charge in [-0.3, -0.25) is 4.79 Å².